The van der Waals surface area contributed by atoms with Crippen molar-refractivity contribution < 1.29 is 23.8 Å². The van der Waals surface area contributed by atoms with Gasteiger partial charge in [-0.25, -0.2) is 19.6 Å². The van der Waals surface area contributed by atoms with Gasteiger partial charge in [0.15, 0.2) is 0 Å². The average Bonchev–Trinajstić information content (AvgIpc) is 3.31. The van der Waals surface area contributed by atoms with E-state index >= 15 is 0 Å². The summed E-state index contributed by atoms with van der Waals surface area (Å²) < 4.78 is 18.8. The number of anilines is 1. The molecule has 2 atom stereocenters. The molecule has 4 rings (SSSR count). The van der Waals surface area contributed by atoms with Crippen LogP contribution in [0.1, 0.15) is 42.6 Å². The maximum absolute atomic E-state index is 13.0. The van der Waals surface area contributed by atoms with Crippen molar-refractivity contribution in [1.29, 1.82) is 0 Å². The van der Waals surface area contributed by atoms with Crippen LogP contribution < -0.4 is 5.32 Å². The summed E-state index contributed by atoms with van der Waals surface area (Å²) in [5, 5.41) is 4.07. The molecule has 11 heteroatoms. The van der Waals surface area contributed by atoms with Crippen molar-refractivity contribution in [3.63, 3.8) is 0 Å². The molecule has 10 nitrogen and oxygen atoms in total. The van der Waals surface area contributed by atoms with E-state index < -0.39 is 14.0 Å². The monoisotopic (exact) mass is 567 g/mol. The van der Waals surface area contributed by atoms with Gasteiger partial charge in [-0.1, -0.05) is 50.0 Å². The highest BCUT2D eigenvalue weighted by Crippen LogP contribution is 2.29. The summed E-state index contributed by atoms with van der Waals surface area (Å²) in [5.74, 6) is 0.0978. The maximum Gasteiger partial charge on any atom is 0.410 e. The third-order valence-corrected chi connectivity index (χ3v) is 8.74. The molecule has 0 saturated carbocycles. The summed E-state index contributed by atoms with van der Waals surface area (Å²) in [6.45, 7) is 12.6. The molecule has 0 unspecified atom stereocenters. The van der Waals surface area contributed by atoms with Gasteiger partial charge in [-0.05, 0) is 38.3 Å². The number of piperidine rings is 1. The molecular weight excluding hydrogens is 526 g/mol. The number of nitrogens with zero attached hydrogens (tertiary/aromatic N) is 4. The number of aromatic nitrogens is 3. The molecule has 1 fully saturated rings. The van der Waals surface area contributed by atoms with Crippen LogP contribution in [0.5, 0.6) is 0 Å². The molecule has 1 amide bonds. The van der Waals surface area contributed by atoms with Crippen molar-refractivity contribution in [2.24, 2.45) is 0 Å². The molecular formula is C29H41N5O5Si. The van der Waals surface area contributed by atoms with Crippen molar-refractivity contribution >= 4 is 37.0 Å². The summed E-state index contributed by atoms with van der Waals surface area (Å²) >= 11 is 0. The zero-order valence-electron chi connectivity index (χ0n) is 24.2. The van der Waals surface area contributed by atoms with E-state index in [0.717, 1.165) is 24.4 Å². The van der Waals surface area contributed by atoms with E-state index in [4.69, 9.17) is 14.2 Å². The number of likely N-dealkylation sites (tertiary alicyclic amines) is 1. The fraction of sp³-hybridized carbons (Fsp3) is 0.517. The number of hydrogen-bond donors (Lipinski definition) is 1. The minimum Gasteiger partial charge on any atom is -0.462 e. The summed E-state index contributed by atoms with van der Waals surface area (Å²) in [5.41, 5.74) is 1.92. The second kappa shape index (κ2) is 13.3. The first-order valence-corrected chi connectivity index (χ1v) is 17.7. The highest BCUT2D eigenvalue weighted by atomic mass is 28.3. The third-order valence-electron chi connectivity index (χ3n) is 7.04. The van der Waals surface area contributed by atoms with E-state index in [-0.39, 0.29) is 38.1 Å². The molecule has 0 aliphatic carbocycles. The van der Waals surface area contributed by atoms with Crippen molar-refractivity contribution in [3.05, 3.63) is 54.0 Å². The summed E-state index contributed by atoms with van der Waals surface area (Å²) in [7, 11) is -1.23. The fourth-order valence-electron chi connectivity index (χ4n) is 4.71. The Bertz CT molecular complexity index is 1290. The first kappa shape index (κ1) is 29.5. The van der Waals surface area contributed by atoms with Gasteiger partial charge in [0.2, 0.25) is 0 Å². The van der Waals surface area contributed by atoms with Gasteiger partial charge in [0.05, 0.1) is 17.6 Å². The quantitative estimate of drug-likeness (QED) is 0.183. The van der Waals surface area contributed by atoms with Gasteiger partial charge in [-0.2, -0.15) is 0 Å². The molecule has 3 aromatic rings. The largest absolute Gasteiger partial charge is 0.462 e. The Kier molecular flexibility index (Phi) is 9.80. The summed E-state index contributed by atoms with van der Waals surface area (Å²) in [4.78, 5) is 36.6. The van der Waals surface area contributed by atoms with Gasteiger partial charge in [-0.3, -0.25) is 0 Å². The SMILES string of the molecule is CCOC(=O)c1cn(COCC[Si](C)(C)C)c2ncnc(N[C@@H]3CC[C@H](C)N(C(=O)OCc4ccccc4)C3)c12. The molecule has 216 valence electrons. The number of fused-ring (bicyclic) bond motifs is 1. The summed E-state index contributed by atoms with van der Waals surface area (Å²) in [6.07, 6.45) is 4.51. The van der Waals surface area contributed by atoms with Crippen molar-refractivity contribution in [2.75, 3.05) is 25.1 Å². The Labute approximate surface area is 237 Å². The zero-order valence-corrected chi connectivity index (χ0v) is 25.2. The van der Waals surface area contributed by atoms with Crippen LogP contribution in [-0.2, 0) is 27.5 Å². The number of amides is 1. The molecule has 1 saturated heterocycles. The van der Waals surface area contributed by atoms with Gasteiger partial charge in [0, 0.05) is 39.5 Å². The van der Waals surface area contributed by atoms with Gasteiger partial charge < -0.3 is 29.0 Å². The number of ether oxygens (including phenoxy) is 3. The molecule has 40 heavy (non-hydrogen) atoms. The van der Waals surface area contributed by atoms with Crippen molar-refractivity contribution in [2.45, 2.75) is 77.8 Å². The van der Waals surface area contributed by atoms with Crippen LogP contribution in [-0.4, -0.2) is 71.4 Å². The Morgan fingerprint density at radius 3 is 2.60 bits per heavy atom. The first-order chi connectivity index (χ1) is 19.2. The van der Waals surface area contributed by atoms with Gasteiger partial charge in [0.1, 0.15) is 31.1 Å². The number of carbonyl (C=O) groups is 2. The van der Waals surface area contributed by atoms with Crippen LogP contribution in [0.15, 0.2) is 42.9 Å². The first-order valence-electron chi connectivity index (χ1n) is 14.0. The number of esters is 1. The Morgan fingerprint density at radius 2 is 1.88 bits per heavy atom. The smallest absolute Gasteiger partial charge is 0.410 e. The topological polar surface area (TPSA) is 108 Å². The summed E-state index contributed by atoms with van der Waals surface area (Å²) in [6, 6.07) is 10.7. The molecule has 2 aromatic heterocycles. The predicted molar refractivity (Wildman–Crippen MR) is 157 cm³/mol. The van der Waals surface area contributed by atoms with E-state index in [9.17, 15) is 9.59 Å². The lowest BCUT2D eigenvalue weighted by Crippen LogP contribution is -2.49. The van der Waals surface area contributed by atoms with Crippen LogP contribution in [0.4, 0.5) is 10.6 Å². The molecule has 1 aromatic carbocycles. The molecule has 3 heterocycles. The zero-order chi connectivity index (χ0) is 28.7. The standard InChI is InChI=1S/C29H41N5O5Si/c1-6-38-28(35)24-17-33(20-37-14-15-40(3,4)5)27-25(24)26(30-19-31-27)32-23-13-12-21(2)34(16-23)29(36)39-18-22-10-8-7-9-11-22/h7-11,17,19,21,23H,6,12-16,18,20H2,1-5H3,(H,30,31,32)/t21-,23+/m0/s1. The lowest BCUT2D eigenvalue weighted by Gasteiger charge is -2.37. The minimum atomic E-state index is -1.23. The van der Waals surface area contributed by atoms with Crippen LogP contribution in [0.25, 0.3) is 11.0 Å². The third kappa shape index (κ3) is 7.60. The van der Waals surface area contributed by atoms with Crippen LogP contribution in [0, 0.1) is 0 Å². The highest BCUT2D eigenvalue weighted by molar-refractivity contribution is 6.76. The number of benzene rings is 1. The average molecular weight is 568 g/mol. The molecule has 1 N–H and O–H groups in total. The van der Waals surface area contributed by atoms with E-state index in [2.05, 4.69) is 34.9 Å². The maximum atomic E-state index is 13.0. The number of carbonyl (C=O) groups excluding carboxylic acids is 2. The highest BCUT2D eigenvalue weighted by Gasteiger charge is 2.31. The molecule has 1 aliphatic rings. The van der Waals surface area contributed by atoms with Crippen molar-refractivity contribution in [3.8, 4) is 0 Å². The van der Waals surface area contributed by atoms with Crippen LogP contribution >= 0.6 is 0 Å². The number of nitrogens with one attached hydrogen (secondary N) is 1. The Hall–Kier alpha value is -3.44. The van der Waals surface area contributed by atoms with Gasteiger partial charge in [-0.15, -0.1) is 0 Å². The number of hydrogen-bond acceptors (Lipinski definition) is 8. The molecule has 0 spiro atoms. The van der Waals surface area contributed by atoms with E-state index in [0.29, 0.717) is 35.6 Å². The second-order valence-corrected chi connectivity index (χ2v) is 17.1. The fourth-order valence-corrected chi connectivity index (χ4v) is 5.47. The van der Waals surface area contributed by atoms with Crippen LogP contribution in [0.3, 0.4) is 0 Å². The van der Waals surface area contributed by atoms with E-state index in [1.54, 1.807) is 18.0 Å². The van der Waals surface area contributed by atoms with E-state index in [1.807, 2.05) is 41.8 Å². The molecule has 1 aliphatic heterocycles. The molecule has 0 radical (unpaired) electrons. The van der Waals surface area contributed by atoms with E-state index in [1.165, 1.54) is 6.33 Å². The lowest BCUT2D eigenvalue weighted by atomic mass is 9.99. The Morgan fingerprint density at radius 1 is 1.10 bits per heavy atom. The number of rotatable bonds is 11. The van der Waals surface area contributed by atoms with Crippen LogP contribution in [0.2, 0.25) is 25.7 Å². The second-order valence-electron chi connectivity index (χ2n) is 11.5. The lowest BCUT2D eigenvalue weighted by molar-refractivity contribution is 0.0526. The van der Waals surface area contributed by atoms with Gasteiger partial charge in [0.25, 0.3) is 0 Å². The van der Waals surface area contributed by atoms with Crippen molar-refractivity contribution in [1.82, 2.24) is 19.4 Å². The predicted octanol–water partition coefficient (Wildman–Crippen LogP) is 5.52. The normalized spacial score (nSPS) is 17.6. The van der Waals surface area contributed by atoms with Gasteiger partial charge >= 0.3 is 12.1 Å². The minimum absolute atomic E-state index is 0.0521. The Balaban J connectivity index is 1.51. The molecule has 0 bridgehead atoms.